The summed E-state index contributed by atoms with van der Waals surface area (Å²) in [7, 11) is 1.98. The van der Waals surface area contributed by atoms with Crippen molar-refractivity contribution >= 4 is 23.2 Å². The lowest BCUT2D eigenvalue weighted by atomic mass is 10.1. The Hall–Kier alpha value is -3.06. The van der Waals surface area contributed by atoms with E-state index in [-0.39, 0.29) is 31.2 Å². The van der Waals surface area contributed by atoms with Crippen molar-refractivity contribution in [3.05, 3.63) is 48.0 Å². The van der Waals surface area contributed by atoms with Gasteiger partial charge in [0, 0.05) is 5.56 Å². The second-order valence-electron chi connectivity index (χ2n) is 6.92. The van der Waals surface area contributed by atoms with Crippen LogP contribution in [0.2, 0.25) is 0 Å². The minimum atomic E-state index is -0.311. The fourth-order valence-corrected chi connectivity index (χ4v) is 3.40. The first-order valence-corrected chi connectivity index (χ1v) is 8.94. The molecule has 0 saturated carbocycles. The number of quaternary nitrogens is 1. The summed E-state index contributed by atoms with van der Waals surface area (Å²) in [6.45, 7) is 2.83. The molecule has 2 amide bonds. The van der Waals surface area contributed by atoms with Crippen molar-refractivity contribution in [3.63, 3.8) is 0 Å². The Morgan fingerprint density at radius 3 is 2.85 bits per heavy atom. The van der Waals surface area contributed by atoms with Crippen LogP contribution in [0.15, 0.2) is 42.5 Å². The van der Waals surface area contributed by atoms with Gasteiger partial charge in [-0.15, -0.1) is 0 Å². The van der Waals surface area contributed by atoms with Crippen molar-refractivity contribution in [1.82, 2.24) is 0 Å². The molecule has 2 aromatic carbocycles. The molecule has 4 rings (SSSR count). The van der Waals surface area contributed by atoms with Crippen LogP contribution in [0.4, 0.5) is 11.4 Å². The average molecular weight is 368 g/mol. The zero-order valence-corrected chi connectivity index (χ0v) is 15.3. The molecular formula is C20H22N3O4+. The highest BCUT2D eigenvalue weighted by Crippen LogP contribution is 2.32. The topological polar surface area (TPSA) is 72.3 Å². The summed E-state index contributed by atoms with van der Waals surface area (Å²) >= 11 is 0. The molecule has 0 spiro atoms. The van der Waals surface area contributed by atoms with Crippen molar-refractivity contribution in [2.75, 3.05) is 30.6 Å². The fourth-order valence-electron chi connectivity index (χ4n) is 3.40. The number of benzene rings is 2. The zero-order chi connectivity index (χ0) is 19.0. The predicted octanol–water partition coefficient (Wildman–Crippen LogP) is 0.804. The first-order valence-electron chi connectivity index (χ1n) is 8.94. The van der Waals surface area contributed by atoms with E-state index in [4.69, 9.17) is 9.47 Å². The third-order valence-corrected chi connectivity index (χ3v) is 5.07. The Bertz CT molecular complexity index is 899. The van der Waals surface area contributed by atoms with Gasteiger partial charge in [-0.25, -0.2) is 0 Å². The molecule has 2 N–H and O–H groups in total. The molecule has 0 saturated heterocycles. The van der Waals surface area contributed by atoms with Gasteiger partial charge in [0.1, 0.15) is 13.1 Å². The van der Waals surface area contributed by atoms with Gasteiger partial charge in [-0.3, -0.25) is 14.5 Å². The van der Waals surface area contributed by atoms with E-state index in [1.54, 1.807) is 11.0 Å². The Kier molecular flexibility index (Phi) is 4.45. The molecule has 0 bridgehead atoms. The van der Waals surface area contributed by atoms with Crippen LogP contribution in [-0.4, -0.2) is 38.2 Å². The van der Waals surface area contributed by atoms with Crippen molar-refractivity contribution in [3.8, 4) is 11.5 Å². The van der Waals surface area contributed by atoms with E-state index in [9.17, 15) is 9.59 Å². The second-order valence-corrected chi connectivity index (χ2v) is 6.92. The molecule has 2 aliphatic rings. The van der Waals surface area contributed by atoms with E-state index in [1.165, 1.54) is 0 Å². The highest BCUT2D eigenvalue weighted by atomic mass is 16.7. The van der Waals surface area contributed by atoms with E-state index in [2.05, 4.69) is 5.32 Å². The van der Waals surface area contributed by atoms with Gasteiger partial charge < -0.3 is 19.7 Å². The third-order valence-electron chi connectivity index (χ3n) is 5.07. The number of fused-ring (bicyclic) bond motifs is 2. The number of carbonyl (C=O) groups excluding carboxylic acids is 2. The number of hydrogen-bond donors (Lipinski definition) is 2. The van der Waals surface area contributed by atoms with Crippen molar-refractivity contribution < 1.29 is 24.0 Å². The number of para-hydroxylation sites is 2. The largest absolute Gasteiger partial charge is 0.454 e. The molecule has 0 aromatic heterocycles. The van der Waals surface area contributed by atoms with E-state index in [0.29, 0.717) is 12.2 Å². The van der Waals surface area contributed by atoms with Crippen LogP contribution in [0.5, 0.6) is 11.5 Å². The summed E-state index contributed by atoms with van der Waals surface area (Å²) in [5.41, 5.74) is 2.47. The van der Waals surface area contributed by atoms with Gasteiger partial charge in [0.05, 0.1) is 18.4 Å². The highest BCUT2D eigenvalue weighted by molar-refractivity contribution is 6.10. The van der Waals surface area contributed by atoms with Gasteiger partial charge in [-0.2, -0.15) is 0 Å². The van der Waals surface area contributed by atoms with Crippen LogP contribution in [-0.2, 0) is 16.1 Å². The molecule has 7 heteroatoms. The van der Waals surface area contributed by atoms with Crippen molar-refractivity contribution in [1.29, 1.82) is 0 Å². The number of ether oxygens (including phenoxy) is 2. The lowest BCUT2D eigenvalue weighted by Crippen LogP contribution is -3.12. The quantitative estimate of drug-likeness (QED) is 0.838. The molecule has 2 aromatic rings. The second kappa shape index (κ2) is 6.92. The molecule has 7 nitrogen and oxygen atoms in total. The molecule has 0 radical (unpaired) electrons. The first kappa shape index (κ1) is 17.4. The number of nitrogens with one attached hydrogen (secondary N) is 2. The molecule has 2 atom stereocenters. The Labute approximate surface area is 157 Å². The summed E-state index contributed by atoms with van der Waals surface area (Å²) in [5.74, 6) is 1.23. The molecule has 0 fully saturated rings. The standard InChI is InChI=1S/C20H21N3O4/c1-13(22(2)10-14-7-8-17-18(9-14)27-12-26-17)20(25)23-11-19(24)21-15-5-3-4-6-16(15)23/h3-9,13H,10-12H2,1-2H3,(H,21,24)/p+1/t13-/m0/s1. The predicted molar refractivity (Wildman–Crippen MR) is 100 cm³/mol. The van der Waals surface area contributed by atoms with E-state index in [1.807, 2.05) is 50.4 Å². The Morgan fingerprint density at radius 2 is 2.00 bits per heavy atom. The number of nitrogens with zero attached hydrogens (tertiary/aromatic N) is 1. The monoisotopic (exact) mass is 368 g/mol. The lowest BCUT2D eigenvalue weighted by molar-refractivity contribution is -0.908. The summed E-state index contributed by atoms with van der Waals surface area (Å²) in [4.78, 5) is 27.7. The SMILES string of the molecule is C[C@@H](C(=O)N1CC(=O)Nc2ccccc21)[NH+](C)Cc1ccc2c(c1)OCO2. The zero-order valence-electron chi connectivity index (χ0n) is 15.3. The van der Waals surface area contributed by atoms with Crippen LogP contribution in [0.1, 0.15) is 12.5 Å². The number of likely N-dealkylation sites (N-methyl/N-ethyl adjacent to an activating group) is 1. The third kappa shape index (κ3) is 3.33. The smallest absolute Gasteiger partial charge is 0.285 e. The maximum absolute atomic E-state index is 13.1. The molecular weight excluding hydrogens is 346 g/mol. The van der Waals surface area contributed by atoms with Crippen LogP contribution in [0.25, 0.3) is 0 Å². The number of rotatable bonds is 4. The number of carbonyl (C=O) groups is 2. The number of hydrogen-bond acceptors (Lipinski definition) is 4. The summed E-state index contributed by atoms with van der Waals surface area (Å²) in [6.07, 6.45) is 0. The van der Waals surface area contributed by atoms with Crippen molar-refractivity contribution in [2.24, 2.45) is 0 Å². The normalized spacial score (nSPS) is 17.1. The van der Waals surface area contributed by atoms with Gasteiger partial charge in [-0.1, -0.05) is 12.1 Å². The summed E-state index contributed by atoms with van der Waals surface area (Å²) < 4.78 is 10.8. The van der Waals surface area contributed by atoms with Gasteiger partial charge >= 0.3 is 0 Å². The fraction of sp³-hybridized carbons (Fsp3) is 0.300. The van der Waals surface area contributed by atoms with Crippen LogP contribution < -0.4 is 24.6 Å². The van der Waals surface area contributed by atoms with E-state index >= 15 is 0 Å². The van der Waals surface area contributed by atoms with Crippen LogP contribution in [0.3, 0.4) is 0 Å². The average Bonchev–Trinajstić information content (AvgIpc) is 3.13. The molecule has 2 heterocycles. The van der Waals surface area contributed by atoms with Crippen LogP contribution in [0, 0.1) is 0 Å². The minimum Gasteiger partial charge on any atom is -0.454 e. The minimum absolute atomic E-state index is 0.0392. The van der Waals surface area contributed by atoms with Gasteiger partial charge in [0.15, 0.2) is 17.5 Å². The Balaban J connectivity index is 1.49. The molecule has 27 heavy (non-hydrogen) atoms. The first-order chi connectivity index (χ1) is 13.0. The summed E-state index contributed by atoms with van der Waals surface area (Å²) in [5, 5.41) is 2.81. The summed E-state index contributed by atoms with van der Waals surface area (Å²) in [6, 6.07) is 12.9. The number of amides is 2. The maximum Gasteiger partial charge on any atom is 0.285 e. The van der Waals surface area contributed by atoms with E-state index in [0.717, 1.165) is 27.6 Å². The molecule has 1 unspecified atom stereocenters. The van der Waals surface area contributed by atoms with Gasteiger partial charge in [0.25, 0.3) is 5.91 Å². The highest BCUT2D eigenvalue weighted by Gasteiger charge is 2.33. The number of anilines is 2. The lowest BCUT2D eigenvalue weighted by Gasteiger charge is -2.32. The maximum atomic E-state index is 13.1. The molecule has 140 valence electrons. The van der Waals surface area contributed by atoms with E-state index < -0.39 is 0 Å². The molecule has 0 aliphatic carbocycles. The Morgan fingerprint density at radius 1 is 1.22 bits per heavy atom. The van der Waals surface area contributed by atoms with Crippen molar-refractivity contribution in [2.45, 2.75) is 19.5 Å². The molecule has 2 aliphatic heterocycles. The van der Waals surface area contributed by atoms with Crippen LogP contribution >= 0.6 is 0 Å². The van der Waals surface area contributed by atoms with Gasteiger partial charge in [0.2, 0.25) is 12.7 Å². The van der Waals surface area contributed by atoms with Gasteiger partial charge in [-0.05, 0) is 37.3 Å².